The van der Waals surface area contributed by atoms with E-state index in [-0.39, 0.29) is 28.0 Å². The van der Waals surface area contributed by atoms with E-state index in [2.05, 4.69) is 9.97 Å². The van der Waals surface area contributed by atoms with Crippen LogP contribution in [0.4, 0.5) is 10.1 Å². The highest BCUT2D eigenvalue weighted by molar-refractivity contribution is 6.30. The Morgan fingerprint density at radius 2 is 2.20 bits per heavy atom. The molecule has 0 atom stereocenters. The molecule has 8 heteroatoms. The Balaban J connectivity index is 2.42. The van der Waals surface area contributed by atoms with E-state index in [1.165, 1.54) is 12.1 Å². The Hall–Kier alpha value is -2.28. The summed E-state index contributed by atoms with van der Waals surface area (Å²) in [5.74, 6) is -1.24. The van der Waals surface area contributed by atoms with Gasteiger partial charge in [-0.3, -0.25) is 10.1 Å². The molecule has 104 valence electrons. The molecule has 6 nitrogen and oxygen atoms in total. The quantitative estimate of drug-likeness (QED) is 0.637. The standard InChI is InChI=1S/C12H9ClFN3O3/c1-2-8-11(14)12(16-6-15-8)20-10-4-3-7(13)5-9(10)17(18)19/h3-6H,2H2,1H3. The van der Waals surface area contributed by atoms with Gasteiger partial charge in [0.1, 0.15) is 6.33 Å². The van der Waals surface area contributed by atoms with E-state index in [4.69, 9.17) is 16.3 Å². The molecule has 1 aromatic carbocycles. The summed E-state index contributed by atoms with van der Waals surface area (Å²) in [4.78, 5) is 17.6. The minimum atomic E-state index is -0.737. The number of benzene rings is 1. The van der Waals surface area contributed by atoms with Crippen LogP contribution >= 0.6 is 11.6 Å². The highest BCUT2D eigenvalue weighted by atomic mass is 35.5. The molecule has 0 amide bonds. The summed E-state index contributed by atoms with van der Waals surface area (Å²) in [5.41, 5.74) is -0.194. The van der Waals surface area contributed by atoms with Crippen LogP contribution in [0.5, 0.6) is 11.6 Å². The molecule has 2 aromatic rings. The van der Waals surface area contributed by atoms with Crippen molar-refractivity contribution in [1.29, 1.82) is 0 Å². The molecule has 0 bridgehead atoms. The lowest BCUT2D eigenvalue weighted by Gasteiger charge is -2.07. The molecule has 0 spiro atoms. The second kappa shape index (κ2) is 5.79. The van der Waals surface area contributed by atoms with Crippen LogP contribution in [0.3, 0.4) is 0 Å². The van der Waals surface area contributed by atoms with Crippen molar-refractivity contribution >= 4 is 17.3 Å². The first kappa shape index (κ1) is 14.1. The molecule has 0 saturated heterocycles. The fourth-order valence-electron chi connectivity index (χ4n) is 1.53. The first-order valence-electron chi connectivity index (χ1n) is 5.64. The van der Waals surface area contributed by atoms with Gasteiger partial charge in [-0.1, -0.05) is 18.5 Å². The Kier molecular flexibility index (Phi) is 4.09. The zero-order valence-electron chi connectivity index (χ0n) is 10.3. The lowest BCUT2D eigenvalue weighted by Crippen LogP contribution is -2.01. The van der Waals surface area contributed by atoms with Crippen molar-refractivity contribution < 1.29 is 14.1 Å². The lowest BCUT2D eigenvalue weighted by atomic mass is 10.3. The van der Waals surface area contributed by atoms with E-state index in [0.717, 1.165) is 12.4 Å². The van der Waals surface area contributed by atoms with E-state index in [1.807, 2.05) is 0 Å². The maximum absolute atomic E-state index is 13.9. The summed E-state index contributed by atoms with van der Waals surface area (Å²) in [5, 5.41) is 11.1. The van der Waals surface area contributed by atoms with E-state index in [0.29, 0.717) is 6.42 Å². The second-order valence-electron chi connectivity index (χ2n) is 3.76. The third kappa shape index (κ3) is 2.83. The van der Waals surface area contributed by atoms with Crippen molar-refractivity contribution in [3.05, 3.63) is 51.2 Å². The number of hydrogen-bond donors (Lipinski definition) is 0. The topological polar surface area (TPSA) is 78.2 Å². The van der Waals surface area contributed by atoms with E-state index in [1.54, 1.807) is 6.92 Å². The van der Waals surface area contributed by atoms with Gasteiger partial charge in [0.25, 0.3) is 5.88 Å². The molecule has 0 aliphatic rings. The molecule has 0 aliphatic heterocycles. The molecule has 2 rings (SSSR count). The molecule has 1 heterocycles. The Morgan fingerprint density at radius 1 is 1.45 bits per heavy atom. The number of ether oxygens (including phenoxy) is 1. The molecule has 20 heavy (non-hydrogen) atoms. The smallest absolute Gasteiger partial charge is 0.313 e. The fraction of sp³-hybridized carbons (Fsp3) is 0.167. The summed E-state index contributed by atoms with van der Waals surface area (Å²) < 4.78 is 19.1. The van der Waals surface area contributed by atoms with Gasteiger partial charge in [0.05, 0.1) is 10.6 Å². The van der Waals surface area contributed by atoms with Crippen molar-refractivity contribution in [3.8, 4) is 11.6 Å². The Labute approximate surface area is 118 Å². The van der Waals surface area contributed by atoms with E-state index < -0.39 is 10.7 Å². The van der Waals surface area contributed by atoms with E-state index in [9.17, 15) is 14.5 Å². The maximum atomic E-state index is 13.9. The van der Waals surface area contributed by atoms with Gasteiger partial charge in [-0.2, -0.15) is 9.37 Å². The number of rotatable bonds is 4. The second-order valence-corrected chi connectivity index (χ2v) is 4.20. The van der Waals surface area contributed by atoms with Crippen molar-refractivity contribution in [2.45, 2.75) is 13.3 Å². The van der Waals surface area contributed by atoms with Crippen LogP contribution in [0.2, 0.25) is 5.02 Å². The number of aryl methyl sites for hydroxylation is 1. The van der Waals surface area contributed by atoms with Gasteiger partial charge >= 0.3 is 5.69 Å². The van der Waals surface area contributed by atoms with Crippen LogP contribution in [-0.4, -0.2) is 14.9 Å². The molecular weight excluding hydrogens is 289 g/mol. The van der Waals surface area contributed by atoms with Crippen LogP contribution in [0.25, 0.3) is 0 Å². The minimum Gasteiger partial charge on any atom is -0.429 e. The Morgan fingerprint density at radius 3 is 2.85 bits per heavy atom. The van der Waals surface area contributed by atoms with Gasteiger partial charge in [-0.05, 0) is 18.6 Å². The molecule has 1 aromatic heterocycles. The molecule has 0 fully saturated rings. The molecule has 0 unspecified atom stereocenters. The molecular formula is C12H9ClFN3O3. The summed E-state index contributed by atoms with van der Waals surface area (Å²) in [6.07, 6.45) is 1.49. The average molecular weight is 298 g/mol. The number of hydrogen-bond acceptors (Lipinski definition) is 5. The first-order valence-corrected chi connectivity index (χ1v) is 6.02. The third-order valence-electron chi connectivity index (χ3n) is 2.49. The van der Waals surface area contributed by atoms with Gasteiger partial charge in [-0.25, -0.2) is 4.98 Å². The summed E-state index contributed by atoms with van der Waals surface area (Å²) in [6.45, 7) is 1.72. The number of halogens is 2. The summed E-state index contributed by atoms with van der Waals surface area (Å²) >= 11 is 5.68. The molecule has 0 N–H and O–H groups in total. The van der Waals surface area contributed by atoms with Gasteiger partial charge in [0, 0.05) is 11.1 Å². The van der Waals surface area contributed by atoms with Crippen LogP contribution < -0.4 is 4.74 Å². The van der Waals surface area contributed by atoms with Crippen LogP contribution in [-0.2, 0) is 6.42 Å². The Bertz CT molecular complexity index is 666. The number of nitro groups is 1. The van der Waals surface area contributed by atoms with Crippen molar-refractivity contribution in [2.75, 3.05) is 0 Å². The maximum Gasteiger partial charge on any atom is 0.313 e. The number of nitrogens with zero attached hydrogens (tertiary/aromatic N) is 3. The molecule has 0 radical (unpaired) electrons. The number of aromatic nitrogens is 2. The van der Waals surface area contributed by atoms with Gasteiger partial charge in [-0.15, -0.1) is 0 Å². The average Bonchev–Trinajstić information content (AvgIpc) is 2.42. The number of nitro benzene ring substituents is 1. The highest BCUT2D eigenvalue weighted by Crippen LogP contribution is 2.33. The monoisotopic (exact) mass is 297 g/mol. The van der Waals surface area contributed by atoms with E-state index >= 15 is 0 Å². The molecule has 0 aliphatic carbocycles. The van der Waals surface area contributed by atoms with Crippen LogP contribution in [0.1, 0.15) is 12.6 Å². The minimum absolute atomic E-state index is 0.140. The van der Waals surface area contributed by atoms with Crippen molar-refractivity contribution in [3.63, 3.8) is 0 Å². The summed E-state index contributed by atoms with van der Waals surface area (Å²) in [7, 11) is 0. The van der Waals surface area contributed by atoms with Crippen molar-refractivity contribution in [2.24, 2.45) is 0 Å². The predicted octanol–water partition coefficient (Wildman–Crippen LogP) is 3.53. The van der Waals surface area contributed by atoms with Crippen LogP contribution in [0, 0.1) is 15.9 Å². The zero-order valence-corrected chi connectivity index (χ0v) is 11.1. The lowest BCUT2D eigenvalue weighted by molar-refractivity contribution is -0.385. The normalized spacial score (nSPS) is 10.3. The molecule has 0 saturated carbocycles. The van der Waals surface area contributed by atoms with Crippen LogP contribution in [0.15, 0.2) is 24.5 Å². The predicted molar refractivity (Wildman–Crippen MR) is 69.5 cm³/mol. The zero-order chi connectivity index (χ0) is 14.7. The first-order chi connectivity index (χ1) is 9.52. The van der Waals surface area contributed by atoms with Crippen molar-refractivity contribution in [1.82, 2.24) is 9.97 Å². The highest BCUT2D eigenvalue weighted by Gasteiger charge is 2.19. The van der Waals surface area contributed by atoms with Gasteiger partial charge < -0.3 is 4.74 Å². The summed E-state index contributed by atoms with van der Waals surface area (Å²) in [6, 6.07) is 3.81. The van der Waals surface area contributed by atoms with Gasteiger partial charge in [0.15, 0.2) is 0 Å². The largest absolute Gasteiger partial charge is 0.429 e. The van der Waals surface area contributed by atoms with Gasteiger partial charge in [0.2, 0.25) is 11.6 Å². The SMILES string of the molecule is CCc1ncnc(Oc2ccc(Cl)cc2[N+](=O)[O-])c1F. The fourth-order valence-corrected chi connectivity index (χ4v) is 1.70. The third-order valence-corrected chi connectivity index (χ3v) is 2.72.